The van der Waals surface area contributed by atoms with Crippen LogP contribution in [0.2, 0.25) is 15.1 Å². The second-order valence-electron chi connectivity index (χ2n) is 3.98. The molecule has 0 aliphatic rings. The Morgan fingerprint density at radius 2 is 1.75 bits per heavy atom. The van der Waals surface area contributed by atoms with Gasteiger partial charge >= 0.3 is 0 Å². The van der Waals surface area contributed by atoms with Crippen molar-refractivity contribution in [2.75, 3.05) is 5.32 Å². The zero-order valence-electron chi connectivity index (χ0n) is 10.2. The van der Waals surface area contributed by atoms with Gasteiger partial charge in [0, 0.05) is 33.6 Å². The number of ketones is 1. The molecule has 2 rings (SSSR count). The number of rotatable bonds is 4. The van der Waals surface area contributed by atoms with Crippen LogP contribution in [0.4, 0.5) is 5.69 Å². The van der Waals surface area contributed by atoms with E-state index in [0.717, 1.165) is 5.69 Å². The molecule has 0 aliphatic heterocycles. The highest BCUT2D eigenvalue weighted by molar-refractivity contribution is 6.37. The molecule has 5 heteroatoms. The number of halogens is 3. The van der Waals surface area contributed by atoms with Gasteiger partial charge in [-0.15, -0.1) is 0 Å². The van der Waals surface area contributed by atoms with Crippen molar-refractivity contribution in [2.24, 2.45) is 0 Å². The minimum absolute atomic E-state index is 0.207. The standard InChI is InChI=1S/C15H10Cl3NO/c16-10-2-1-3-12(8-10)19-7-6-15(20)13-5-4-11(17)9-14(13)18/h1-9,19H/b7-6-. The van der Waals surface area contributed by atoms with Gasteiger partial charge in [0.15, 0.2) is 5.78 Å². The number of carbonyl (C=O) groups excluding carboxylic acids is 1. The molecule has 0 saturated heterocycles. The SMILES string of the molecule is O=C(/C=C\Nc1cccc(Cl)c1)c1ccc(Cl)cc1Cl. The molecular formula is C15H10Cl3NO. The van der Waals surface area contributed by atoms with Gasteiger partial charge in [-0.2, -0.15) is 0 Å². The Bertz CT molecular complexity index is 668. The fraction of sp³-hybridized carbons (Fsp3) is 0. The van der Waals surface area contributed by atoms with E-state index < -0.39 is 0 Å². The highest BCUT2D eigenvalue weighted by Gasteiger charge is 2.07. The van der Waals surface area contributed by atoms with Gasteiger partial charge in [0.1, 0.15) is 0 Å². The normalized spacial score (nSPS) is 10.8. The Morgan fingerprint density at radius 1 is 1.00 bits per heavy atom. The largest absolute Gasteiger partial charge is 0.362 e. The van der Waals surface area contributed by atoms with Crippen LogP contribution in [0.5, 0.6) is 0 Å². The van der Waals surface area contributed by atoms with Crippen LogP contribution in [0.15, 0.2) is 54.7 Å². The molecule has 0 spiro atoms. The number of hydrogen-bond acceptors (Lipinski definition) is 2. The van der Waals surface area contributed by atoms with Gasteiger partial charge in [-0.05, 0) is 36.4 Å². The van der Waals surface area contributed by atoms with E-state index in [9.17, 15) is 4.79 Å². The lowest BCUT2D eigenvalue weighted by Gasteiger charge is -2.02. The van der Waals surface area contributed by atoms with E-state index in [4.69, 9.17) is 34.8 Å². The summed E-state index contributed by atoms with van der Waals surface area (Å²) in [5.74, 6) is -0.207. The third-order valence-electron chi connectivity index (χ3n) is 2.51. The highest BCUT2D eigenvalue weighted by atomic mass is 35.5. The molecule has 1 N–H and O–H groups in total. The molecule has 0 atom stereocenters. The molecule has 2 aromatic carbocycles. The summed E-state index contributed by atoms with van der Waals surface area (Å²) in [6.07, 6.45) is 2.94. The maximum atomic E-state index is 12.0. The first-order valence-corrected chi connectivity index (χ1v) is 6.88. The monoisotopic (exact) mass is 325 g/mol. The zero-order valence-corrected chi connectivity index (χ0v) is 12.5. The molecule has 2 aromatic rings. The molecule has 102 valence electrons. The van der Waals surface area contributed by atoms with E-state index in [0.29, 0.717) is 20.6 Å². The van der Waals surface area contributed by atoms with E-state index in [1.54, 1.807) is 30.5 Å². The summed E-state index contributed by atoms with van der Waals surface area (Å²) in [4.78, 5) is 12.0. The number of allylic oxidation sites excluding steroid dienone is 1. The molecular weight excluding hydrogens is 317 g/mol. The molecule has 0 aromatic heterocycles. The topological polar surface area (TPSA) is 29.1 Å². The number of anilines is 1. The summed E-state index contributed by atoms with van der Waals surface area (Å²) in [7, 11) is 0. The fourth-order valence-corrected chi connectivity index (χ4v) is 2.26. The maximum absolute atomic E-state index is 12.0. The molecule has 0 aliphatic carbocycles. The number of carbonyl (C=O) groups is 1. The molecule has 0 radical (unpaired) electrons. The van der Waals surface area contributed by atoms with Crippen molar-refractivity contribution in [3.8, 4) is 0 Å². The highest BCUT2D eigenvalue weighted by Crippen LogP contribution is 2.21. The minimum Gasteiger partial charge on any atom is -0.362 e. The van der Waals surface area contributed by atoms with Crippen molar-refractivity contribution in [2.45, 2.75) is 0 Å². The van der Waals surface area contributed by atoms with E-state index in [1.165, 1.54) is 12.1 Å². The molecule has 20 heavy (non-hydrogen) atoms. The van der Waals surface area contributed by atoms with E-state index in [1.807, 2.05) is 12.1 Å². The predicted octanol–water partition coefficient (Wildman–Crippen LogP) is 5.46. The van der Waals surface area contributed by atoms with Crippen LogP contribution in [0.3, 0.4) is 0 Å². The summed E-state index contributed by atoms with van der Waals surface area (Å²) < 4.78 is 0. The van der Waals surface area contributed by atoms with Gasteiger partial charge in [0.2, 0.25) is 0 Å². The Morgan fingerprint density at radius 3 is 2.45 bits per heavy atom. The first-order chi connectivity index (χ1) is 9.56. The third kappa shape index (κ3) is 4.01. The van der Waals surface area contributed by atoms with Crippen molar-refractivity contribution in [1.29, 1.82) is 0 Å². The Kier molecular flexibility index (Phi) is 5.07. The van der Waals surface area contributed by atoms with Gasteiger partial charge in [0.05, 0.1) is 5.02 Å². The average Bonchev–Trinajstić information content (AvgIpc) is 2.38. The minimum atomic E-state index is -0.207. The van der Waals surface area contributed by atoms with Gasteiger partial charge in [0.25, 0.3) is 0 Å². The van der Waals surface area contributed by atoms with Gasteiger partial charge < -0.3 is 5.32 Å². The first kappa shape index (κ1) is 14.9. The van der Waals surface area contributed by atoms with Gasteiger partial charge in [-0.3, -0.25) is 4.79 Å². The zero-order chi connectivity index (χ0) is 14.5. The molecule has 2 nitrogen and oxygen atoms in total. The molecule has 0 bridgehead atoms. The lowest BCUT2D eigenvalue weighted by Crippen LogP contribution is -1.97. The second kappa shape index (κ2) is 6.80. The lowest BCUT2D eigenvalue weighted by molar-refractivity contribution is 0.104. The van der Waals surface area contributed by atoms with E-state index in [-0.39, 0.29) is 5.78 Å². The van der Waals surface area contributed by atoms with Crippen molar-refractivity contribution in [1.82, 2.24) is 0 Å². The molecule has 0 amide bonds. The number of nitrogens with one attached hydrogen (secondary N) is 1. The van der Waals surface area contributed by atoms with Crippen LogP contribution in [-0.4, -0.2) is 5.78 Å². The van der Waals surface area contributed by atoms with Crippen molar-refractivity contribution in [3.05, 3.63) is 75.4 Å². The maximum Gasteiger partial charge on any atom is 0.188 e. The first-order valence-electron chi connectivity index (χ1n) is 5.74. The lowest BCUT2D eigenvalue weighted by atomic mass is 10.1. The van der Waals surface area contributed by atoms with Crippen LogP contribution in [0.25, 0.3) is 0 Å². The van der Waals surface area contributed by atoms with Crippen LogP contribution in [0.1, 0.15) is 10.4 Å². The molecule has 0 unspecified atom stereocenters. The van der Waals surface area contributed by atoms with Gasteiger partial charge in [-0.25, -0.2) is 0 Å². The van der Waals surface area contributed by atoms with E-state index in [2.05, 4.69) is 5.32 Å². The van der Waals surface area contributed by atoms with Crippen LogP contribution < -0.4 is 5.32 Å². The Balaban J connectivity index is 2.06. The van der Waals surface area contributed by atoms with Crippen molar-refractivity contribution in [3.63, 3.8) is 0 Å². The van der Waals surface area contributed by atoms with Crippen LogP contribution >= 0.6 is 34.8 Å². The average molecular weight is 327 g/mol. The van der Waals surface area contributed by atoms with Crippen molar-refractivity contribution < 1.29 is 4.79 Å². The summed E-state index contributed by atoms with van der Waals surface area (Å²) in [5.41, 5.74) is 1.20. The Labute approximate surface area is 132 Å². The quantitative estimate of drug-likeness (QED) is 0.597. The molecule has 0 fully saturated rings. The third-order valence-corrected chi connectivity index (χ3v) is 3.29. The predicted molar refractivity (Wildman–Crippen MR) is 85.0 cm³/mol. The summed E-state index contributed by atoms with van der Waals surface area (Å²) >= 11 is 17.6. The Hall–Kier alpha value is -1.48. The molecule has 0 heterocycles. The summed E-state index contributed by atoms with van der Waals surface area (Å²) in [6, 6.07) is 11.9. The summed E-state index contributed by atoms with van der Waals surface area (Å²) in [6.45, 7) is 0. The van der Waals surface area contributed by atoms with Crippen LogP contribution in [-0.2, 0) is 0 Å². The van der Waals surface area contributed by atoms with Crippen LogP contribution in [0, 0.1) is 0 Å². The second-order valence-corrected chi connectivity index (χ2v) is 5.26. The van der Waals surface area contributed by atoms with Gasteiger partial charge in [-0.1, -0.05) is 40.9 Å². The number of hydrogen-bond donors (Lipinski definition) is 1. The molecule has 0 saturated carbocycles. The smallest absolute Gasteiger partial charge is 0.188 e. The van der Waals surface area contributed by atoms with Crippen molar-refractivity contribution >= 4 is 46.3 Å². The van der Waals surface area contributed by atoms with E-state index >= 15 is 0 Å². The summed E-state index contributed by atoms with van der Waals surface area (Å²) in [5, 5.41) is 4.40. The number of benzene rings is 2. The fourth-order valence-electron chi connectivity index (χ4n) is 1.57.